The third kappa shape index (κ3) is 3.87. The fraction of sp³-hybridized carbons (Fsp3) is 0.429. The fourth-order valence-electron chi connectivity index (χ4n) is 3.37. The number of aliphatic hydroxyl groups is 1. The van der Waals surface area contributed by atoms with Crippen molar-refractivity contribution in [3.63, 3.8) is 0 Å². The van der Waals surface area contributed by atoms with Crippen LogP contribution < -0.4 is 5.56 Å². The third-order valence-electron chi connectivity index (χ3n) is 5.26. The molecule has 0 saturated heterocycles. The summed E-state index contributed by atoms with van der Waals surface area (Å²) in [7, 11) is 0. The number of nitrogens with zero attached hydrogens (tertiary/aromatic N) is 2. The molecule has 1 aliphatic rings. The maximum Gasteiger partial charge on any atom is 0.260 e. The molecule has 1 saturated carbocycles. The number of nitrogens with one attached hydrogen (secondary N) is 1. The molecule has 148 valence electrons. The highest BCUT2D eigenvalue weighted by molar-refractivity contribution is 7.17. The van der Waals surface area contributed by atoms with Gasteiger partial charge in [0.1, 0.15) is 16.5 Å². The number of H-pyrrole nitrogens is 1. The molecule has 0 bridgehead atoms. The number of thiophene rings is 1. The molecule has 2 aromatic heterocycles. The number of hydrogen-bond donors (Lipinski definition) is 2. The number of hydrogen-bond acceptors (Lipinski definition) is 5. The Kier molecular flexibility index (Phi) is 5.31. The maximum absolute atomic E-state index is 14.2. The lowest BCUT2D eigenvalue weighted by molar-refractivity contribution is 0.0686. The summed E-state index contributed by atoms with van der Waals surface area (Å²) in [5.41, 5.74) is 0.737. The van der Waals surface area contributed by atoms with Gasteiger partial charge in [-0.1, -0.05) is 32.0 Å². The number of aromatic nitrogens is 2. The third-order valence-corrected chi connectivity index (χ3v) is 6.14. The van der Waals surface area contributed by atoms with Crippen LogP contribution in [0.1, 0.15) is 32.5 Å². The van der Waals surface area contributed by atoms with E-state index in [4.69, 9.17) is 0 Å². The first-order valence-electron chi connectivity index (χ1n) is 9.61. The minimum Gasteiger partial charge on any atom is -0.392 e. The average Bonchev–Trinajstić information content (AvgIpc) is 3.41. The molecule has 0 aliphatic heterocycles. The summed E-state index contributed by atoms with van der Waals surface area (Å²) in [5, 5.41) is 12.5. The van der Waals surface area contributed by atoms with Crippen molar-refractivity contribution in [1.82, 2.24) is 14.9 Å². The molecule has 1 aliphatic carbocycles. The predicted molar refractivity (Wildman–Crippen MR) is 110 cm³/mol. The number of benzene rings is 1. The SMILES string of the molecule is CC(C)C(O)CN(Cc1nc2scc(-c3ccccc3F)c2c(=O)[nH]1)C1CC1. The Bertz CT molecular complexity index is 1040. The summed E-state index contributed by atoms with van der Waals surface area (Å²) in [5.74, 6) is 0.409. The van der Waals surface area contributed by atoms with Gasteiger partial charge < -0.3 is 10.1 Å². The van der Waals surface area contributed by atoms with Gasteiger partial charge in [-0.05, 0) is 24.8 Å². The highest BCUT2D eigenvalue weighted by atomic mass is 32.1. The van der Waals surface area contributed by atoms with E-state index in [1.807, 2.05) is 13.8 Å². The lowest BCUT2D eigenvalue weighted by Crippen LogP contribution is -2.37. The van der Waals surface area contributed by atoms with Gasteiger partial charge >= 0.3 is 0 Å². The van der Waals surface area contributed by atoms with Crippen molar-refractivity contribution < 1.29 is 9.50 Å². The van der Waals surface area contributed by atoms with E-state index in [1.165, 1.54) is 17.4 Å². The Balaban J connectivity index is 1.65. The largest absolute Gasteiger partial charge is 0.392 e. The van der Waals surface area contributed by atoms with Crippen LogP contribution in [0.15, 0.2) is 34.4 Å². The second kappa shape index (κ2) is 7.73. The minimum atomic E-state index is -0.412. The first-order chi connectivity index (χ1) is 13.4. The molecule has 0 radical (unpaired) electrons. The van der Waals surface area contributed by atoms with E-state index in [-0.39, 0.29) is 17.3 Å². The van der Waals surface area contributed by atoms with Crippen molar-refractivity contribution in [1.29, 1.82) is 0 Å². The van der Waals surface area contributed by atoms with Crippen molar-refractivity contribution in [2.45, 2.75) is 45.4 Å². The second-order valence-electron chi connectivity index (χ2n) is 7.79. The number of rotatable bonds is 7. The first-order valence-corrected chi connectivity index (χ1v) is 10.5. The molecule has 28 heavy (non-hydrogen) atoms. The Labute approximate surface area is 166 Å². The molecule has 1 aromatic carbocycles. The molecule has 1 unspecified atom stereocenters. The molecular weight excluding hydrogens is 377 g/mol. The van der Waals surface area contributed by atoms with Gasteiger partial charge in [-0.25, -0.2) is 9.37 Å². The van der Waals surface area contributed by atoms with Gasteiger partial charge in [0.2, 0.25) is 0 Å². The van der Waals surface area contributed by atoms with Gasteiger partial charge in [0, 0.05) is 29.1 Å². The summed E-state index contributed by atoms with van der Waals surface area (Å²) in [4.78, 5) is 23.1. The lowest BCUT2D eigenvalue weighted by Gasteiger charge is -2.26. The van der Waals surface area contributed by atoms with Crippen molar-refractivity contribution in [3.8, 4) is 11.1 Å². The van der Waals surface area contributed by atoms with Crippen molar-refractivity contribution in [2.75, 3.05) is 6.54 Å². The van der Waals surface area contributed by atoms with E-state index in [2.05, 4.69) is 14.9 Å². The molecule has 0 amide bonds. The lowest BCUT2D eigenvalue weighted by atomic mass is 10.1. The zero-order valence-corrected chi connectivity index (χ0v) is 16.8. The van der Waals surface area contributed by atoms with Crippen LogP contribution in [0.5, 0.6) is 0 Å². The summed E-state index contributed by atoms with van der Waals surface area (Å²) in [6.07, 6.45) is 1.80. The summed E-state index contributed by atoms with van der Waals surface area (Å²) >= 11 is 1.35. The Hall–Kier alpha value is -2.09. The summed E-state index contributed by atoms with van der Waals surface area (Å²) < 4.78 is 14.2. The zero-order chi connectivity index (χ0) is 19.8. The smallest absolute Gasteiger partial charge is 0.260 e. The summed E-state index contributed by atoms with van der Waals surface area (Å²) in [6.45, 7) is 5.05. The molecule has 3 aromatic rings. The van der Waals surface area contributed by atoms with Gasteiger partial charge in [0.25, 0.3) is 5.56 Å². The Morgan fingerprint density at radius 2 is 2.07 bits per heavy atom. The molecular formula is C21H24FN3O2S. The van der Waals surface area contributed by atoms with Gasteiger partial charge in [0.15, 0.2) is 0 Å². The van der Waals surface area contributed by atoms with Crippen LogP contribution in [0.4, 0.5) is 4.39 Å². The van der Waals surface area contributed by atoms with Crippen molar-refractivity contribution in [3.05, 3.63) is 51.6 Å². The van der Waals surface area contributed by atoms with Crippen molar-refractivity contribution in [2.24, 2.45) is 5.92 Å². The molecule has 2 heterocycles. The Morgan fingerprint density at radius 1 is 1.32 bits per heavy atom. The van der Waals surface area contributed by atoms with E-state index < -0.39 is 6.10 Å². The van der Waals surface area contributed by atoms with Gasteiger partial charge in [-0.15, -0.1) is 11.3 Å². The highest BCUT2D eigenvalue weighted by Gasteiger charge is 2.31. The van der Waals surface area contributed by atoms with Crippen LogP contribution in [0.3, 0.4) is 0 Å². The zero-order valence-electron chi connectivity index (χ0n) is 16.0. The van der Waals surface area contributed by atoms with Crippen LogP contribution in [-0.2, 0) is 6.54 Å². The molecule has 0 spiro atoms. The van der Waals surface area contributed by atoms with E-state index in [9.17, 15) is 14.3 Å². The minimum absolute atomic E-state index is 0.177. The van der Waals surface area contributed by atoms with Gasteiger partial charge in [0.05, 0.1) is 18.0 Å². The molecule has 1 fully saturated rings. The topological polar surface area (TPSA) is 69.2 Å². The van der Waals surface area contributed by atoms with Gasteiger partial charge in [-0.3, -0.25) is 9.69 Å². The maximum atomic E-state index is 14.2. The highest BCUT2D eigenvalue weighted by Crippen LogP contribution is 2.33. The standard InChI is InChI=1S/C21H24FN3O2S/c1-12(2)17(26)9-25(13-7-8-13)10-18-23-20(27)19-15(11-28-21(19)24-18)14-5-3-4-6-16(14)22/h3-6,11-13,17,26H,7-10H2,1-2H3,(H,23,24,27). The number of aromatic amines is 1. The van der Waals surface area contributed by atoms with E-state index in [0.717, 1.165) is 12.8 Å². The first kappa shape index (κ1) is 19.2. The average molecular weight is 402 g/mol. The van der Waals surface area contributed by atoms with Gasteiger partial charge in [-0.2, -0.15) is 0 Å². The van der Waals surface area contributed by atoms with E-state index in [0.29, 0.717) is 46.3 Å². The Morgan fingerprint density at radius 3 is 2.75 bits per heavy atom. The normalized spacial score (nSPS) is 15.6. The molecule has 2 N–H and O–H groups in total. The molecule has 7 heteroatoms. The second-order valence-corrected chi connectivity index (χ2v) is 8.65. The number of fused-ring (bicyclic) bond motifs is 1. The van der Waals surface area contributed by atoms with E-state index in [1.54, 1.807) is 23.6 Å². The quantitative estimate of drug-likeness (QED) is 0.632. The van der Waals surface area contributed by atoms with Crippen LogP contribution in [0.2, 0.25) is 0 Å². The molecule has 4 rings (SSSR count). The monoisotopic (exact) mass is 401 g/mol. The van der Waals surface area contributed by atoms with Crippen molar-refractivity contribution >= 4 is 21.6 Å². The number of aliphatic hydroxyl groups excluding tert-OH is 1. The van der Waals surface area contributed by atoms with Crippen LogP contribution in [-0.4, -0.2) is 38.7 Å². The summed E-state index contributed by atoms with van der Waals surface area (Å²) in [6, 6.07) is 6.89. The fourth-order valence-corrected chi connectivity index (χ4v) is 4.33. The molecule has 5 nitrogen and oxygen atoms in total. The molecule has 1 atom stereocenters. The number of halogens is 1. The van der Waals surface area contributed by atoms with E-state index >= 15 is 0 Å². The predicted octanol–water partition coefficient (Wildman–Crippen LogP) is 3.77. The van der Waals surface area contributed by atoms with Crippen LogP contribution in [0.25, 0.3) is 21.3 Å². The van der Waals surface area contributed by atoms with Crippen LogP contribution in [0, 0.1) is 11.7 Å². The van der Waals surface area contributed by atoms with Crippen LogP contribution >= 0.6 is 11.3 Å².